The van der Waals surface area contributed by atoms with E-state index >= 15 is 0 Å². The average molecular weight is 318 g/mol. The first-order valence-corrected chi connectivity index (χ1v) is 6.97. The van der Waals surface area contributed by atoms with Crippen LogP contribution in [-0.4, -0.2) is 27.7 Å². The topological polar surface area (TPSA) is 99.3 Å². The van der Waals surface area contributed by atoms with Crippen LogP contribution in [0.15, 0.2) is 24.4 Å². The van der Waals surface area contributed by atoms with E-state index in [0.29, 0.717) is 22.6 Å². The minimum Gasteiger partial charge on any atom is -0.496 e. The van der Waals surface area contributed by atoms with E-state index in [4.69, 9.17) is 4.74 Å². The summed E-state index contributed by atoms with van der Waals surface area (Å²) in [5.74, 6) is 0.183. The molecule has 1 aromatic heterocycles. The van der Waals surface area contributed by atoms with E-state index in [2.05, 4.69) is 10.4 Å². The molecule has 0 bridgehead atoms. The molecule has 0 saturated heterocycles. The Labute approximate surface area is 133 Å². The average Bonchev–Trinajstić information content (AvgIpc) is 2.85. The van der Waals surface area contributed by atoms with Crippen LogP contribution < -0.4 is 10.1 Å². The van der Waals surface area contributed by atoms with Crippen LogP contribution in [0.4, 0.5) is 5.69 Å². The lowest BCUT2D eigenvalue weighted by atomic mass is 10.1. The minimum atomic E-state index is -0.483. The van der Waals surface area contributed by atoms with Crippen molar-refractivity contribution in [3.8, 4) is 5.75 Å². The zero-order chi connectivity index (χ0) is 17.1. The maximum absolute atomic E-state index is 12.3. The minimum absolute atomic E-state index is 0.0561. The second-order valence-corrected chi connectivity index (χ2v) is 5.18. The molecule has 2 rings (SSSR count). The summed E-state index contributed by atoms with van der Waals surface area (Å²) in [6.45, 7) is 3.48. The maximum Gasteiger partial charge on any atom is 0.270 e. The van der Waals surface area contributed by atoms with E-state index in [1.807, 2.05) is 0 Å². The number of hydrogen-bond acceptors (Lipinski definition) is 5. The number of nitro benzene ring substituents is 1. The lowest BCUT2D eigenvalue weighted by Gasteiger charge is -2.17. The number of rotatable bonds is 5. The first kappa shape index (κ1) is 16.5. The molecule has 1 atom stereocenters. The SMILES string of the molecule is COc1ccc([N+](=O)[O-])cc1C(C)NC(=O)c1cn(C)nc1C. The number of aromatic nitrogens is 2. The molecule has 8 heteroatoms. The second-order valence-electron chi connectivity index (χ2n) is 5.18. The highest BCUT2D eigenvalue weighted by molar-refractivity contribution is 5.95. The number of amides is 1. The van der Waals surface area contributed by atoms with Crippen molar-refractivity contribution >= 4 is 11.6 Å². The van der Waals surface area contributed by atoms with Gasteiger partial charge >= 0.3 is 0 Å². The van der Waals surface area contributed by atoms with E-state index in [1.54, 1.807) is 31.8 Å². The van der Waals surface area contributed by atoms with Crippen molar-refractivity contribution in [1.29, 1.82) is 0 Å². The number of benzene rings is 1. The molecule has 1 unspecified atom stereocenters. The molecule has 0 aliphatic heterocycles. The number of ether oxygens (including phenoxy) is 1. The van der Waals surface area contributed by atoms with Gasteiger partial charge in [0.2, 0.25) is 0 Å². The highest BCUT2D eigenvalue weighted by Crippen LogP contribution is 2.29. The van der Waals surface area contributed by atoms with Crippen LogP contribution >= 0.6 is 0 Å². The lowest BCUT2D eigenvalue weighted by molar-refractivity contribution is -0.385. The van der Waals surface area contributed by atoms with Crippen molar-refractivity contribution in [3.63, 3.8) is 0 Å². The Balaban J connectivity index is 2.27. The molecule has 0 fully saturated rings. The smallest absolute Gasteiger partial charge is 0.270 e. The molecule has 1 heterocycles. The summed E-state index contributed by atoms with van der Waals surface area (Å²) in [4.78, 5) is 22.8. The van der Waals surface area contributed by atoms with Gasteiger partial charge in [-0.05, 0) is 19.9 Å². The number of carbonyl (C=O) groups is 1. The van der Waals surface area contributed by atoms with Crippen LogP contribution in [0.1, 0.15) is 34.6 Å². The molecule has 122 valence electrons. The van der Waals surface area contributed by atoms with Gasteiger partial charge in [-0.1, -0.05) is 0 Å². The van der Waals surface area contributed by atoms with Crippen molar-refractivity contribution in [2.45, 2.75) is 19.9 Å². The Morgan fingerprint density at radius 2 is 2.17 bits per heavy atom. The second kappa shape index (κ2) is 6.47. The van der Waals surface area contributed by atoms with Crippen LogP contribution in [-0.2, 0) is 7.05 Å². The van der Waals surface area contributed by atoms with Gasteiger partial charge in [0.05, 0.1) is 29.3 Å². The fourth-order valence-electron chi connectivity index (χ4n) is 2.35. The Morgan fingerprint density at radius 1 is 1.48 bits per heavy atom. The van der Waals surface area contributed by atoms with Gasteiger partial charge in [0.25, 0.3) is 11.6 Å². The van der Waals surface area contributed by atoms with Crippen molar-refractivity contribution in [2.24, 2.45) is 7.05 Å². The molecular formula is C15H18N4O4. The third kappa shape index (κ3) is 3.47. The molecule has 1 amide bonds. The normalized spacial score (nSPS) is 11.8. The third-order valence-corrected chi connectivity index (χ3v) is 3.50. The lowest BCUT2D eigenvalue weighted by Crippen LogP contribution is -2.27. The van der Waals surface area contributed by atoms with Gasteiger partial charge in [-0.25, -0.2) is 0 Å². The largest absolute Gasteiger partial charge is 0.496 e. The third-order valence-electron chi connectivity index (χ3n) is 3.50. The quantitative estimate of drug-likeness (QED) is 0.672. The van der Waals surface area contributed by atoms with Crippen LogP contribution in [0.3, 0.4) is 0 Å². The molecule has 1 aromatic carbocycles. The fourth-order valence-corrected chi connectivity index (χ4v) is 2.35. The number of methoxy groups -OCH3 is 1. The first-order valence-electron chi connectivity index (χ1n) is 6.97. The molecule has 1 N–H and O–H groups in total. The molecule has 23 heavy (non-hydrogen) atoms. The standard InChI is InChI=1S/C15H18N4O4/c1-9(16-15(20)13-8-18(3)17-10(13)2)12-7-11(19(21)22)5-6-14(12)23-4/h5-9H,1-4H3,(H,16,20). The van der Waals surface area contributed by atoms with Gasteiger partial charge in [0, 0.05) is 30.9 Å². The van der Waals surface area contributed by atoms with Gasteiger partial charge < -0.3 is 10.1 Å². The summed E-state index contributed by atoms with van der Waals surface area (Å²) >= 11 is 0. The number of hydrogen-bond donors (Lipinski definition) is 1. The summed E-state index contributed by atoms with van der Waals surface area (Å²) in [6, 6.07) is 3.82. The predicted molar refractivity (Wildman–Crippen MR) is 83.5 cm³/mol. The van der Waals surface area contributed by atoms with Crippen molar-refractivity contribution in [1.82, 2.24) is 15.1 Å². The van der Waals surface area contributed by atoms with Crippen LogP contribution in [0.2, 0.25) is 0 Å². The molecule has 8 nitrogen and oxygen atoms in total. The number of nitrogens with one attached hydrogen (secondary N) is 1. The summed E-state index contributed by atoms with van der Waals surface area (Å²) in [7, 11) is 3.21. The van der Waals surface area contributed by atoms with Gasteiger partial charge in [0.15, 0.2) is 0 Å². The number of nitro groups is 1. The monoisotopic (exact) mass is 318 g/mol. The number of nitrogens with zero attached hydrogens (tertiary/aromatic N) is 3. The Kier molecular flexibility index (Phi) is 4.63. The highest BCUT2D eigenvalue weighted by atomic mass is 16.6. The van der Waals surface area contributed by atoms with Gasteiger partial charge in [-0.2, -0.15) is 5.10 Å². The number of aryl methyl sites for hydroxylation is 2. The summed E-state index contributed by atoms with van der Waals surface area (Å²) < 4.78 is 6.78. The number of carbonyl (C=O) groups excluding carboxylic acids is 1. The van der Waals surface area contributed by atoms with E-state index < -0.39 is 11.0 Å². The van der Waals surface area contributed by atoms with Gasteiger partial charge in [0.1, 0.15) is 5.75 Å². The van der Waals surface area contributed by atoms with E-state index in [9.17, 15) is 14.9 Å². The fraction of sp³-hybridized carbons (Fsp3) is 0.333. The van der Waals surface area contributed by atoms with Crippen molar-refractivity contribution in [3.05, 3.63) is 51.3 Å². The molecule has 2 aromatic rings. The predicted octanol–water partition coefficient (Wildman–Crippen LogP) is 2.14. The van der Waals surface area contributed by atoms with Crippen molar-refractivity contribution < 1.29 is 14.5 Å². The van der Waals surface area contributed by atoms with Crippen LogP contribution in [0.5, 0.6) is 5.75 Å². The highest BCUT2D eigenvalue weighted by Gasteiger charge is 2.20. The van der Waals surface area contributed by atoms with E-state index in [-0.39, 0.29) is 11.6 Å². The van der Waals surface area contributed by atoms with E-state index in [0.717, 1.165) is 0 Å². The van der Waals surface area contributed by atoms with Gasteiger partial charge in [-0.15, -0.1) is 0 Å². The molecule has 0 saturated carbocycles. The molecular weight excluding hydrogens is 300 g/mol. The van der Waals surface area contributed by atoms with Crippen molar-refractivity contribution in [2.75, 3.05) is 7.11 Å². The number of non-ortho nitro benzene ring substituents is 1. The summed E-state index contributed by atoms with van der Waals surface area (Å²) in [5.41, 5.74) is 1.56. The first-order chi connectivity index (χ1) is 10.8. The van der Waals surface area contributed by atoms with E-state index in [1.165, 1.54) is 25.3 Å². The Hall–Kier alpha value is -2.90. The molecule has 0 radical (unpaired) electrons. The molecule has 0 aliphatic carbocycles. The summed E-state index contributed by atoms with van der Waals surface area (Å²) in [5, 5.41) is 17.9. The Bertz CT molecular complexity index is 754. The molecule has 0 aliphatic rings. The summed E-state index contributed by atoms with van der Waals surface area (Å²) in [6.07, 6.45) is 1.63. The van der Waals surface area contributed by atoms with Gasteiger partial charge in [-0.3, -0.25) is 19.6 Å². The zero-order valence-electron chi connectivity index (χ0n) is 13.4. The van der Waals surface area contributed by atoms with Crippen LogP contribution in [0.25, 0.3) is 0 Å². The Morgan fingerprint density at radius 3 is 2.70 bits per heavy atom. The zero-order valence-corrected chi connectivity index (χ0v) is 13.4. The maximum atomic E-state index is 12.3. The van der Waals surface area contributed by atoms with Crippen LogP contribution in [0, 0.1) is 17.0 Å². The molecule has 0 spiro atoms.